The summed E-state index contributed by atoms with van der Waals surface area (Å²) in [6, 6.07) is 11.3. The van der Waals surface area contributed by atoms with E-state index in [-0.39, 0.29) is 17.8 Å². The molecule has 4 rings (SSSR count). The van der Waals surface area contributed by atoms with Gasteiger partial charge in [-0.15, -0.1) is 0 Å². The van der Waals surface area contributed by atoms with Gasteiger partial charge in [0.2, 0.25) is 5.91 Å². The lowest BCUT2D eigenvalue weighted by Crippen LogP contribution is -2.35. The molecule has 6 nitrogen and oxygen atoms in total. The maximum Gasteiger partial charge on any atom is 0.233 e. The van der Waals surface area contributed by atoms with Crippen LogP contribution >= 0.6 is 11.3 Å². The van der Waals surface area contributed by atoms with Crippen LogP contribution in [-0.4, -0.2) is 33.8 Å². The zero-order chi connectivity index (χ0) is 23.5. The number of fused-ring (bicyclic) bond motifs is 1. The lowest BCUT2D eigenvalue weighted by Gasteiger charge is -2.20. The quantitative estimate of drug-likeness (QED) is 0.361. The number of carbonyl (C=O) groups is 1. The van der Waals surface area contributed by atoms with Gasteiger partial charge in [0.05, 0.1) is 30.0 Å². The fraction of sp³-hybridized carbons (Fsp3) is 0.292. The Morgan fingerprint density at radius 1 is 1.15 bits per heavy atom. The Morgan fingerprint density at radius 3 is 2.58 bits per heavy atom. The van der Waals surface area contributed by atoms with Gasteiger partial charge in [0.15, 0.2) is 10.9 Å². The number of aromatic nitrogens is 3. The third-order valence-electron chi connectivity index (χ3n) is 5.16. The van der Waals surface area contributed by atoms with Crippen LogP contribution < -0.4 is 9.64 Å². The summed E-state index contributed by atoms with van der Waals surface area (Å²) in [6.45, 7) is 7.06. The Bertz CT molecular complexity index is 1280. The van der Waals surface area contributed by atoms with Crippen LogP contribution in [0.15, 0.2) is 42.5 Å². The third kappa shape index (κ3) is 5.19. The summed E-state index contributed by atoms with van der Waals surface area (Å²) < 4.78 is 35.6. The standard InChI is InChI=1S/C24H24F2N4O2S/c1-4-32-19-7-5-17(6-8-19)12-22(31)29(9-10-30-16(3)11-15(2)28-30)24-27-23-20(26)13-18(25)14-21(23)33-24/h5-8,11,13-14H,4,9-10,12H2,1-3H3. The number of hydrogen-bond donors (Lipinski definition) is 0. The average Bonchev–Trinajstić information content (AvgIpc) is 3.32. The van der Waals surface area contributed by atoms with Crippen LogP contribution in [0.3, 0.4) is 0 Å². The summed E-state index contributed by atoms with van der Waals surface area (Å²) in [5, 5.41) is 4.78. The number of carbonyl (C=O) groups excluding carboxylic acids is 1. The molecule has 0 saturated carbocycles. The Kier molecular flexibility index (Phi) is 6.69. The molecule has 172 valence electrons. The second-order valence-corrected chi connectivity index (χ2v) is 8.69. The van der Waals surface area contributed by atoms with Gasteiger partial charge in [-0.3, -0.25) is 14.4 Å². The molecule has 33 heavy (non-hydrogen) atoms. The van der Waals surface area contributed by atoms with Gasteiger partial charge >= 0.3 is 0 Å². The van der Waals surface area contributed by atoms with Crippen molar-refractivity contribution in [3.8, 4) is 5.75 Å². The van der Waals surface area contributed by atoms with Crippen LogP contribution in [0.2, 0.25) is 0 Å². The van der Waals surface area contributed by atoms with E-state index in [4.69, 9.17) is 4.74 Å². The normalized spacial score (nSPS) is 11.2. The van der Waals surface area contributed by atoms with E-state index >= 15 is 0 Å². The van der Waals surface area contributed by atoms with Crippen molar-refractivity contribution in [2.75, 3.05) is 18.1 Å². The summed E-state index contributed by atoms with van der Waals surface area (Å²) in [5.41, 5.74) is 2.74. The summed E-state index contributed by atoms with van der Waals surface area (Å²) in [6.07, 6.45) is 0.135. The minimum atomic E-state index is -0.745. The van der Waals surface area contributed by atoms with Gasteiger partial charge in [0.25, 0.3) is 0 Å². The zero-order valence-electron chi connectivity index (χ0n) is 18.6. The van der Waals surface area contributed by atoms with Crippen molar-refractivity contribution in [2.24, 2.45) is 0 Å². The number of thiazole rings is 1. The van der Waals surface area contributed by atoms with Crippen molar-refractivity contribution in [1.82, 2.24) is 14.8 Å². The maximum absolute atomic E-state index is 14.3. The minimum Gasteiger partial charge on any atom is -0.494 e. The lowest BCUT2D eigenvalue weighted by atomic mass is 10.1. The van der Waals surface area contributed by atoms with E-state index in [1.54, 1.807) is 0 Å². The lowest BCUT2D eigenvalue weighted by molar-refractivity contribution is -0.118. The fourth-order valence-corrected chi connectivity index (χ4v) is 4.67. The van der Waals surface area contributed by atoms with Crippen LogP contribution in [0, 0.1) is 25.5 Å². The van der Waals surface area contributed by atoms with E-state index in [1.807, 2.05) is 55.8 Å². The van der Waals surface area contributed by atoms with Crippen molar-refractivity contribution < 1.29 is 18.3 Å². The van der Waals surface area contributed by atoms with Gasteiger partial charge in [0.1, 0.15) is 17.1 Å². The van der Waals surface area contributed by atoms with E-state index in [0.717, 1.165) is 40.1 Å². The summed E-state index contributed by atoms with van der Waals surface area (Å²) in [7, 11) is 0. The SMILES string of the molecule is CCOc1ccc(CC(=O)N(CCn2nc(C)cc2C)c2nc3c(F)cc(F)cc3s2)cc1. The number of anilines is 1. The maximum atomic E-state index is 14.3. The molecule has 0 aliphatic carbocycles. The number of halogens is 2. The van der Waals surface area contributed by atoms with Crippen LogP contribution in [0.25, 0.3) is 10.2 Å². The first kappa shape index (κ1) is 22.8. The molecule has 0 N–H and O–H groups in total. The van der Waals surface area contributed by atoms with Crippen molar-refractivity contribution in [3.63, 3.8) is 0 Å². The van der Waals surface area contributed by atoms with Crippen LogP contribution in [0.5, 0.6) is 5.75 Å². The van der Waals surface area contributed by atoms with Gasteiger partial charge in [0, 0.05) is 18.3 Å². The molecule has 2 heterocycles. The van der Waals surface area contributed by atoms with Crippen LogP contribution in [0.4, 0.5) is 13.9 Å². The Balaban J connectivity index is 1.62. The van der Waals surface area contributed by atoms with Crippen LogP contribution in [-0.2, 0) is 17.8 Å². The van der Waals surface area contributed by atoms with Gasteiger partial charge < -0.3 is 4.74 Å². The zero-order valence-corrected chi connectivity index (χ0v) is 19.5. The highest BCUT2D eigenvalue weighted by Gasteiger charge is 2.22. The number of nitrogens with zero attached hydrogens (tertiary/aromatic N) is 4. The molecule has 2 aromatic heterocycles. The van der Waals surface area contributed by atoms with Crippen molar-refractivity contribution in [2.45, 2.75) is 33.7 Å². The van der Waals surface area contributed by atoms with E-state index in [0.29, 0.717) is 29.5 Å². The number of benzene rings is 2. The first-order valence-corrected chi connectivity index (χ1v) is 11.4. The predicted molar refractivity (Wildman–Crippen MR) is 125 cm³/mol. The number of hydrogen-bond acceptors (Lipinski definition) is 5. The minimum absolute atomic E-state index is 0.0568. The van der Waals surface area contributed by atoms with Gasteiger partial charge in [-0.1, -0.05) is 23.5 Å². The van der Waals surface area contributed by atoms with E-state index in [2.05, 4.69) is 10.1 Å². The fourth-order valence-electron chi connectivity index (χ4n) is 3.62. The highest BCUT2D eigenvalue weighted by atomic mass is 32.1. The van der Waals surface area contributed by atoms with Gasteiger partial charge in [-0.05, 0) is 50.6 Å². The number of ether oxygens (including phenoxy) is 1. The highest BCUT2D eigenvalue weighted by molar-refractivity contribution is 7.22. The van der Waals surface area contributed by atoms with Crippen LogP contribution in [0.1, 0.15) is 23.9 Å². The van der Waals surface area contributed by atoms with Crippen molar-refractivity contribution in [3.05, 3.63) is 71.1 Å². The van der Waals surface area contributed by atoms with Gasteiger partial charge in [-0.2, -0.15) is 5.10 Å². The van der Waals surface area contributed by atoms with E-state index < -0.39 is 11.6 Å². The molecule has 1 amide bonds. The molecule has 0 saturated heterocycles. The monoisotopic (exact) mass is 470 g/mol. The number of aryl methyl sites for hydroxylation is 2. The Labute approximate surface area is 194 Å². The average molecular weight is 471 g/mol. The molecule has 0 aliphatic rings. The van der Waals surface area contributed by atoms with E-state index in [1.165, 1.54) is 11.0 Å². The predicted octanol–water partition coefficient (Wildman–Crippen LogP) is 5.06. The summed E-state index contributed by atoms with van der Waals surface area (Å²) in [4.78, 5) is 19.2. The van der Waals surface area contributed by atoms with E-state index in [9.17, 15) is 13.6 Å². The first-order chi connectivity index (χ1) is 15.8. The molecule has 0 unspecified atom stereocenters. The Hall–Kier alpha value is -3.33. The molecule has 2 aromatic carbocycles. The molecule has 0 bridgehead atoms. The molecular weight excluding hydrogens is 446 g/mol. The molecule has 9 heteroatoms. The summed E-state index contributed by atoms with van der Waals surface area (Å²) >= 11 is 1.09. The molecule has 0 atom stereocenters. The van der Waals surface area contributed by atoms with Gasteiger partial charge in [-0.25, -0.2) is 13.8 Å². The third-order valence-corrected chi connectivity index (χ3v) is 6.19. The van der Waals surface area contributed by atoms with Crippen molar-refractivity contribution in [1.29, 1.82) is 0 Å². The first-order valence-electron chi connectivity index (χ1n) is 10.6. The Morgan fingerprint density at radius 2 is 1.91 bits per heavy atom. The molecular formula is C24H24F2N4O2S. The van der Waals surface area contributed by atoms with Crippen molar-refractivity contribution >= 4 is 32.6 Å². The number of amides is 1. The molecule has 0 fully saturated rings. The largest absolute Gasteiger partial charge is 0.494 e. The number of rotatable bonds is 8. The molecule has 0 aliphatic heterocycles. The smallest absolute Gasteiger partial charge is 0.233 e. The topological polar surface area (TPSA) is 60.2 Å². The molecule has 0 radical (unpaired) electrons. The molecule has 0 spiro atoms. The second kappa shape index (κ2) is 9.66. The molecule has 4 aromatic rings. The summed E-state index contributed by atoms with van der Waals surface area (Å²) in [5.74, 6) is -0.880. The second-order valence-electron chi connectivity index (χ2n) is 7.68. The highest BCUT2D eigenvalue weighted by Crippen LogP contribution is 2.31.